The van der Waals surface area contributed by atoms with E-state index in [2.05, 4.69) is 341 Å². The van der Waals surface area contributed by atoms with Crippen molar-refractivity contribution in [3.63, 3.8) is 0 Å². The minimum atomic E-state index is -0.267. The Morgan fingerprint density at radius 2 is 0.536 bits per heavy atom. The molecule has 0 saturated heterocycles. The minimum Gasteiger partial charge on any atom is -0.279 e. The molecule has 0 aliphatic heterocycles. The van der Waals surface area contributed by atoms with Crippen molar-refractivity contribution in [2.75, 3.05) is 9.80 Å². The summed E-state index contributed by atoms with van der Waals surface area (Å²) in [5.74, 6) is 3.31. The van der Waals surface area contributed by atoms with Gasteiger partial charge in [-0.15, -0.1) is 0 Å². The van der Waals surface area contributed by atoms with Crippen molar-refractivity contribution in [3.8, 4) is 33.4 Å². The second-order valence-corrected chi connectivity index (χ2v) is 27.9. The number of anilines is 6. The lowest BCUT2D eigenvalue weighted by atomic mass is 9.75. The Hall–Kier alpha value is -11.9. The van der Waals surface area contributed by atoms with Crippen LogP contribution < -0.4 is 9.80 Å². The molecule has 0 unspecified atom stereocenters. The van der Waals surface area contributed by atoms with Crippen molar-refractivity contribution in [2.24, 2.45) is 0 Å². The normalized spacial score (nSPS) is 14.7. The van der Waals surface area contributed by atoms with E-state index in [4.69, 9.17) is 19.9 Å². The van der Waals surface area contributed by atoms with Crippen LogP contribution in [0.5, 0.6) is 0 Å². The third-order valence-corrected chi connectivity index (χ3v) is 21.6. The number of para-hydroxylation sites is 4. The SMILES string of the molecule is CC1(C)c2cc(C=Cc3ccc4c(c3)C3(Cc5ccccc5C3)c3cc(C=Cc5ccc6c(c5)C(C)(C)c5cc(N(c7ccc8ccccc8n7)c7ccc8ccccc8n7)ccc5-6)ccc3-4)ccc2-c2ccc(N(c3ccc4ccccc4n3)c3ccc4ccccc4n3)cc21. The van der Waals surface area contributed by atoms with Gasteiger partial charge in [-0.25, -0.2) is 19.9 Å². The zero-order valence-electron chi connectivity index (χ0n) is 54.5. The van der Waals surface area contributed by atoms with E-state index >= 15 is 0 Å². The van der Waals surface area contributed by atoms with Crippen LogP contribution in [-0.4, -0.2) is 19.9 Å². The van der Waals surface area contributed by atoms with E-state index in [1.54, 1.807) is 0 Å². The molecule has 0 saturated carbocycles. The molecule has 0 radical (unpaired) electrons. The Balaban J connectivity index is 0.610. The van der Waals surface area contributed by atoms with Gasteiger partial charge in [-0.3, -0.25) is 9.80 Å². The summed E-state index contributed by atoms with van der Waals surface area (Å²) in [6.07, 6.45) is 11.2. The van der Waals surface area contributed by atoms with Crippen molar-refractivity contribution in [1.29, 1.82) is 0 Å². The van der Waals surface area contributed by atoms with Crippen molar-refractivity contribution >= 4 is 103 Å². The fraction of sp³-hybridized carbons (Fsp3) is 0.0989. The van der Waals surface area contributed by atoms with Crippen LogP contribution in [0.4, 0.5) is 34.6 Å². The number of benzene rings is 11. The highest BCUT2D eigenvalue weighted by Crippen LogP contribution is 2.57. The van der Waals surface area contributed by atoms with Crippen LogP contribution in [0.15, 0.2) is 279 Å². The first-order valence-corrected chi connectivity index (χ1v) is 33.8. The largest absolute Gasteiger partial charge is 0.279 e. The van der Waals surface area contributed by atoms with Gasteiger partial charge in [0.1, 0.15) is 23.3 Å². The number of rotatable bonds is 10. The molecule has 6 heteroatoms. The fourth-order valence-corrected chi connectivity index (χ4v) is 16.6. The average molecular weight is 1240 g/mol. The van der Waals surface area contributed by atoms with E-state index in [-0.39, 0.29) is 16.2 Å². The number of hydrogen-bond donors (Lipinski definition) is 0. The Kier molecular flexibility index (Phi) is 12.6. The second-order valence-electron chi connectivity index (χ2n) is 27.9. The molecular weight excluding hydrogens is 1180 g/mol. The quantitative estimate of drug-likeness (QED) is 0.127. The van der Waals surface area contributed by atoms with Crippen LogP contribution in [0.25, 0.3) is 101 Å². The van der Waals surface area contributed by atoms with Gasteiger partial charge in [0.05, 0.1) is 22.1 Å². The van der Waals surface area contributed by atoms with Gasteiger partial charge in [0.2, 0.25) is 0 Å². The Bertz CT molecular complexity index is 5370. The fourth-order valence-electron chi connectivity index (χ4n) is 16.6. The lowest BCUT2D eigenvalue weighted by Gasteiger charge is -2.27. The summed E-state index contributed by atoms with van der Waals surface area (Å²) < 4.78 is 0. The predicted octanol–water partition coefficient (Wildman–Crippen LogP) is 22.8. The summed E-state index contributed by atoms with van der Waals surface area (Å²) >= 11 is 0. The summed E-state index contributed by atoms with van der Waals surface area (Å²) in [6, 6.07) is 102. The van der Waals surface area contributed by atoms with Gasteiger partial charge in [-0.1, -0.05) is 234 Å². The highest BCUT2D eigenvalue weighted by molar-refractivity contribution is 5.93. The first kappa shape index (κ1) is 56.7. The molecule has 6 nitrogen and oxygen atoms in total. The third kappa shape index (κ3) is 9.15. The topological polar surface area (TPSA) is 58.0 Å². The van der Waals surface area contributed by atoms with Gasteiger partial charge < -0.3 is 0 Å². The van der Waals surface area contributed by atoms with Crippen molar-refractivity contribution < 1.29 is 0 Å². The molecule has 4 aliphatic carbocycles. The zero-order chi connectivity index (χ0) is 64.7. The average Bonchev–Trinajstić information content (AvgIpc) is 1.56. The van der Waals surface area contributed by atoms with Crippen LogP contribution in [0.2, 0.25) is 0 Å². The molecule has 19 rings (SSSR count). The van der Waals surface area contributed by atoms with Gasteiger partial charge in [-0.05, 0) is 210 Å². The highest BCUT2D eigenvalue weighted by Gasteiger charge is 2.47. The molecule has 15 aromatic rings. The molecule has 0 atom stereocenters. The van der Waals surface area contributed by atoms with Gasteiger partial charge in [0.15, 0.2) is 0 Å². The molecule has 4 aliphatic rings. The molecule has 0 N–H and O–H groups in total. The summed E-state index contributed by atoms with van der Waals surface area (Å²) in [6.45, 7) is 9.47. The van der Waals surface area contributed by atoms with Crippen LogP contribution in [0.3, 0.4) is 0 Å². The van der Waals surface area contributed by atoms with Crippen LogP contribution in [0.1, 0.15) is 94.5 Å². The molecule has 97 heavy (non-hydrogen) atoms. The number of fused-ring (bicyclic) bond motifs is 16. The summed E-state index contributed by atoms with van der Waals surface area (Å²) in [7, 11) is 0. The van der Waals surface area contributed by atoms with Gasteiger partial charge >= 0.3 is 0 Å². The third-order valence-electron chi connectivity index (χ3n) is 21.6. The number of pyridine rings is 4. The Labute approximate surface area is 564 Å². The number of hydrogen-bond acceptors (Lipinski definition) is 6. The smallest absolute Gasteiger partial charge is 0.139 e. The lowest BCUT2D eigenvalue weighted by molar-refractivity contribution is 0.563. The molecular formula is C91H66N6. The van der Waals surface area contributed by atoms with E-state index in [9.17, 15) is 0 Å². The van der Waals surface area contributed by atoms with Crippen LogP contribution >= 0.6 is 0 Å². The molecule has 0 amide bonds. The summed E-state index contributed by atoms with van der Waals surface area (Å²) in [4.78, 5) is 25.3. The molecule has 4 aromatic heterocycles. The molecule has 0 bridgehead atoms. The summed E-state index contributed by atoms with van der Waals surface area (Å²) in [5.41, 5.74) is 28.6. The Morgan fingerprint density at radius 3 is 0.866 bits per heavy atom. The first-order valence-electron chi connectivity index (χ1n) is 33.8. The van der Waals surface area contributed by atoms with Gasteiger partial charge in [0, 0.05) is 49.2 Å². The van der Waals surface area contributed by atoms with E-state index < -0.39 is 0 Å². The zero-order valence-corrected chi connectivity index (χ0v) is 54.5. The van der Waals surface area contributed by atoms with Gasteiger partial charge in [0.25, 0.3) is 0 Å². The van der Waals surface area contributed by atoms with Gasteiger partial charge in [-0.2, -0.15) is 0 Å². The molecule has 0 fully saturated rings. The van der Waals surface area contributed by atoms with Crippen molar-refractivity contribution in [3.05, 3.63) is 346 Å². The minimum absolute atomic E-state index is 0.179. The maximum absolute atomic E-state index is 5.23. The van der Waals surface area contributed by atoms with Crippen LogP contribution in [-0.2, 0) is 29.1 Å². The number of nitrogens with zero attached hydrogens (tertiary/aromatic N) is 6. The first-order chi connectivity index (χ1) is 47.5. The maximum Gasteiger partial charge on any atom is 0.139 e. The summed E-state index contributed by atoms with van der Waals surface area (Å²) in [5, 5.41) is 4.42. The predicted molar refractivity (Wildman–Crippen MR) is 403 cm³/mol. The monoisotopic (exact) mass is 1240 g/mol. The molecule has 460 valence electrons. The maximum atomic E-state index is 5.23. The number of aromatic nitrogens is 4. The van der Waals surface area contributed by atoms with E-state index in [0.29, 0.717) is 0 Å². The van der Waals surface area contributed by atoms with E-state index in [1.807, 2.05) is 0 Å². The van der Waals surface area contributed by atoms with E-state index in [1.165, 1.54) is 100 Å². The molecule has 1 spiro atoms. The van der Waals surface area contributed by atoms with Crippen molar-refractivity contribution in [2.45, 2.75) is 56.8 Å². The Morgan fingerprint density at radius 1 is 0.268 bits per heavy atom. The molecule has 11 aromatic carbocycles. The van der Waals surface area contributed by atoms with Crippen molar-refractivity contribution in [1.82, 2.24) is 19.9 Å². The highest BCUT2D eigenvalue weighted by atomic mass is 15.2. The van der Waals surface area contributed by atoms with E-state index in [0.717, 1.165) is 91.1 Å². The second kappa shape index (κ2) is 21.6. The lowest BCUT2D eigenvalue weighted by Crippen LogP contribution is -2.26. The standard InChI is InChI=1S/C91H66N6/c1-89(2)75-49-57(29-39-69(75)71-43-37-67(53-77(71)89)96(85-45-33-61-15-7-11-21-81(61)92-85)86-46-34-62-16-8-12-22-82(62)93-86)25-27-59-31-41-73-74-42-32-60(52-80(74)91(79(73)51-59)55-65-19-5-6-20-66(65)56-91)28-26-58-30-40-70-72-44-38-68(54-78(72)90(3,4)76(70)50-58)97(87-47-35-63-17-9-13-23-83(63)94-87)88-48-36-64-18-10-14-24-84(64)95-88/h5-54H,55-56H2,1-4H3. The van der Waals surface area contributed by atoms with Crippen LogP contribution in [0, 0.1) is 0 Å². The molecule has 4 heterocycles.